The molecule has 0 amide bonds. The third-order valence-electron chi connectivity index (χ3n) is 4.62. The molecule has 2 aromatic rings. The molecule has 1 aliphatic carbocycles. The van der Waals surface area contributed by atoms with Crippen LogP contribution >= 0.6 is 0 Å². The van der Waals surface area contributed by atoms with E-state index in [1.165, 1.54) is 11.1 Å². The Balaban J connectivity index is 1.56. The minimum Gasteiger partial charge on any atom is -0.380 e. The lowest BCUT2D eigenvalue weighted by molar-refractivity contribution is 0.116. The number of ether oxygens (including phenoxy) is 1. The molecule has 1 aliphatic heterocycles. The molecule has 1 aromatic heterocycles. The van der Waals surface area contributed by atoms with E-state index in [9.17, 15) is 0 Å². The summed E-state index contributed by atoms with van der Waals surface area (Å²) in [6.45, 7) is 0.838. The van der Waals surface area contributed by atoms with Crippen molar-refractivity contribution in [2.75, 3.05) is 13.7 Å². The number of nitrogens with one attached hydrogen (secondary N) is 1. The molecule has 1 N–H and O–H groups in total. The summed E-state index contributed by atoms with van der Waals surface area (Å²) >= 11 is 0. The van der Waals surface area contributed by atoms with Crippen LogP contribution in [0.25, 0.3) is 0 Å². The highest BCUT2D eigenvalue weighted by atomic mass is 16.5. The number of benzene rings is 1. The fourth-order valence-corrected chi connectivity index (χ4v) is 3.43. The molecule has 0 radical (unpaired) electrons. The molecule has 0 saturated carbocycles. The Labute approximate surface area is 123 Å². The topological polar surface area (TPSA) is 60.2 Å². The Bertz CT molecular complexity index is 640. The molecular formula is C16H19N3O2. The summed E-state index contributed by atoms with van der Waals surface area (Å²) in [4.78, 5) is 4.65. The van der Waals surface area contributed by atoms with Crippen molar-refractivity contribution in [3.63, 3.8) is 0 Å². The Hall–Kier alpha value is -1.72. The Morgan fingerprint density at radius 3 is 3.10 bits per heavy atom. The van der Waals surface area contributed by atoms with Crippen LogP contribution in [0, 0.1) is 0 Å². The second-order valence-corrected chi connectivity index (χ2v) is 5.84. The second kappa shape index (κ2) is 5.24. The van der Waals surface area contributed by atoms with Crippen LogP contribution in [0.15, 0.2) is 28.8 Å². The molecule has 5 nitrogen and oxygen atoms in total. The van der Waals surface area contributed by atoms with Gasteiger partial charge in [-0.15, -0.1) is 0 Å². The van der Waals surface area contributed by atoms with Crippen LogP contribution in [0.3, 0.4) is 0 Å². The van der Waals surface area contributed by atoms with Crippen LogP contribution in [0.4, 0.5) is 0 Å². The zero-order valence-electron chi connectivity index (χ0n) is 12.1. The average molecular weight is 285 g/mol. The van der Waals surface area contributed by atoms with E-state index in [1.54, 1.807) is 7.11 Å². The summed E-state index contributed by atoms with van der Waals surface area (Å²) in [5, 5.41) is 7.60. The van der Waals surface area contributed by atoms with E-state index in [-0.39, 0.29) is 18.1 Å². The number of fused-ring (bicyclic) bond motifs is 1. The smallest absolute Gasteiger partial charge is 0.243 e. The Morgan fingerprint density at radius 2 is 2.24 bits per heavy atom. The maximum atomic E-state index is 5.49. The van der Waals surface area contributed by atoms with Crippen molar-refractivity contribution < 1.29 is 9.26 Å². The molecule has 1 aromatic carbocycles. The van der Waals surface area contributed by atoms with Gasteiger partial charge in [-0.25, -0.2) is 0 Å². The molecule has 110 valence electrons. The van der Waals surface area contributed by atoms with Crippen LogP contribution in [-0.4, -0.2) is 29.9 Å². The minimum absolute atomic E-state index is 0.118. The van der Waals surface area contributed by atoms with Crippen LogP contribution in [0.1, 0.15) is 47.6 Å². The minimum atomic E-state index is 0.118. The molecule has 0 bridgehead atoms. The highest BCUT2D eigenvalue weighted by molar-refractivity contribution is 5.38. The first-order valence-electron chi connectivity index (χ1n) is 7.52. The van der Waals surface area contributed by atoms with E-state index in [0.29, 0.717) is 5.89 Å². The largest absolute Gasteiger partial charge is 0.380 e. The quantitative estimate of drug-likeness (QED) is 0.936. The van der Waals surface area contributed by atoms with Gasteiger partial charge in [0.15, 0.2) is 5.82 Å². The number of aryl methyl sites for hydroxylation is 1. The summed E-state index contributed by atoms with van der Waals surface area (Å²) in [7, 11) is 1.74. The molecule has 2 heterocycles. The number of hydrogen-bond donors (Lipinski definition) is 1. The first-order valence-corrected chi connectivity index (χ1v) is 7.52. The van der Waals surface area contributed by atoms with Gasteiger partial charge in [-0.3, -0.25) is 0 Å². The molecule has 2 aliphatic rings. The van der Waals surface area contributed by atoms with Crippen LogP contribution in [-0.2, 0) is 11.2 Å². The first-order chi connectivity index (χ1) is 10.3. The van der Waals surface area contributed by atoms with Gasteiger partial charge in [0.05, 0.1) is 12.1 Å². The average Bonchev–Trinajstić information content (AvgIpc) is 3.24. The fourth-order valence-electron chi connectivity index (χ4n) is 3.43. The highest BCUT2D eigenvalue weighted by Crippen LogP contribution is 2.37. The summed E-state index contributed by atoms with van der Waals surface area (Å²) in [5.41, 5.74) is 2.76. The van der Waals surface area contributed by atoms with E-state index in [1.807, 2.05) is 0 Å². The van der Waals surface area contributed by atoms with Crippen molar-refractivity contribution in [2.45, 2.75) is 37.3 Å². The Morgan fingerprint density at radius 1 is 1.33 bits per heavy atom. The molecular weight excluding hydrogens is 266 g/mol. The van der Waals surface area contributed by atoms with Gasteiger partial charge in [0.1, 0.15) is 0 Å². The van der Waals surface area contributed by atoms with Crippen molar-refractivity contribution in [3.8, 4) is 0 Å². The number of nitrogens with zero attached hydrogens (tertiary/aromatic N) is 2. The predicted molar refractivity (Wildman–Crippen MR) is 77.1 cm³/mol. The predicted octanol–water partition coefficient (Wildman–Crippen LogP) is 2.20. The van der Waals surface area contributed by atoms with Gasteiger partial charge in [0.2, 0.25) is 5.89 Å². The normalized spacial score (nSPS) is 28.0. The number of methoxy groups -OCH3 is 1. The summed E-state index contributed by atoms with van der Waals surface area (Å²) < 4.78 is 10.9. The van der Waals surface area contributed by atoms with Gasteiger partial charge in [0.25, 0.3) is 0 Å². The molecule has 4 rings (SSSR count). The molecule has 1 fully saturated rings. The fraction of sp³-hybridized carbons (Fsp3) is 0.500. The molecule has 3 atom stereocenters. The molecule has 21 heavy (non-hydrogen) atoms. The standard InChI is InChI=1S/C16H19N3O2/c1-20-11-8-14(17-9-11)16-18-15(19-21-16)13-7-6-10-4-2-3-5-12(10)13/h2-5,11,13-14,17H,6-9H2,1H3. The molecule has 0 spiro atoms. The van der Waals surface area contributed by atoms with Crippen LogP contribution in [0.5, 0.6) is 0 Å². The lowest BCUT2D eigenvalue weighted by atomic mass is 10.0. The lowest BCUT2D eigenvalue weighted by Crippen LogP contribution is -2.16. The van der Waals surface area contributed by atoms with Gasteiger partial charge < -0.3 is 14.6 Å². The maximum Gasteiger partial charge on any atom is 0.243 e. The van der Waals surface area contributed by atoms with E-state index < -0.39 is 0 Å². The van der Waals surface area contributed by atoms with Gasteiger partial charge in [-0.1, -0.05) is 29.4 Å². The van der Waals surface area contributed by atoms with E-state index >= 15 is 0 Å². The van der Waals surface area contributed by atoms with E-state index in [2.05, 4.69) is 39.7 Å². The maximum absolute atomic E-state index is 5.49. The second-order valence-electron chi connectivity index (χ2n) is 5.84. The van der Waals surface area contributed by atoms with Crippen molar-refractivity contribution in [2.24, 2.45) is 0 Å². The van der Waals surface area contributed by atoms with Gasteiger partial charge in [-0.05, 0) is 30.4 Å². The first kappa shape index (κ1) is 13.0. The highest BCUT2D eigenvalue weighted by Gasteiger charge is 2.32. The zero-order valence-corrected chi connectivity index (χ0v) is 12.1. The molecule has 3 unspecified atom stereocenters. The van der Waals surface area contributed by atoms with Crippen molar-refractivity contribution in [1.82, 2.24) is 15.5 Å². The number of aromatic nitrogens is 2. The summed E-state index contributed by atoms with van der Waals surface area (Å²) in [5.74, 6) is 1.78. The van der Waals surface area contributed by atoms with Crippen LogP contribution in [0.2, 0.25) is 0 Å². The summed E-state index contributed by atoms with van der Waals surface area (Å²) in [6, 6.07) is 8.67. The lowest BCUT2D eigenvalue weighted by Gasteiger charge is -2.06. The number of hydrogen-bond acceptors (Lipinski definition) is 5. The van der Waals surface area contributed by atoms with E-state index in [0.717, 1.165) is 31.6 Å². The third-order valence-corrected chi connectivity index (χ3v) is 4.62. The van der Waals surface area contributed by atoms with E-state index in [4.69, 9.17) is 9.26 Å². The van der Waals surface area contributed by atoms with Gasteiger partial charge in [0, 0.05) is 19.6 Å². The molecule has 1 saturated heterocycles. The van der Waals surface area contributed by atoms with Crippen molar-refractivity contribution >= 4 is 0 Å². The van der Waals surface area contributed by atoms with Gasteiger partial charge >= 0.3 is 0 Å². The number of rotatable bonds is 3. The zero-order chi connectivity index (χ0) is 14.2. The Kier molecular flexibility index (Phi) is 3.24. The van der Waals surface area contributed by atoms with Crippen molar-refractivity contribution in [1.29, 1.82) is 0 Å². The third kappa shape index (κ3) is 2.26. The molecule has 5 heteroatoms. The monoisotopic (exact) mass is 285 g/mol. The van der Waals surface area contributed by atoms with Gasteiger partial charge in [-0.2, -0.15) is 4.98 Å². The summed E-state index contributed by atoms with van der Waals surface area (Å²) in [6.07, 6.45) is 3.28. The van der Waals surface area contributed by atoms with Crippen LogP contribution < -0.4 is 5.32 Å². The SMILES string of the molecule is COC1CNC(c2nc(C3CCc4ccccc43)no2)C1. The van der Waals surface area contributed by atoms with Crippen molar-refractivity contribution in [3.05, 3.63) is 47.1 Å².